The zero-order chi connectivity index (χ0) is 14.1. The lowest BCUT2D eigenvalue weighted by atomic mass is 10.1. The highest BCUT2D eigenvalue weighted by molar-refractivity contribution is 9.10. The van der Waals surface area contributed by atoms with E-state index in [-0.39, 0.29) is 12.1 Å². The quantitative estimate of drug-likeness (QED) is 0.844. The molecule has 1 atom stereocenters. The Balaban J connectivity index is 2.06. The normalized spacial score (nSPS) is 19.6. The lowest BCUT2D eigenvalue weighted by Gasteiger charge is -2.25. The third-order valence-corrected chi connectivity index (χ3v) is 3.90. The highest BCUT2D eigenvalue weighted by Crippen LogP contribution is 2.34. The number of carbonyl (C=O) groups is 1. The average Bonchev–Trinajstić information content (AvgIpc) is 2.81. The zero-order valence-electron chi connectivity index (χ0n) is 11.1. The Labute approximate surface area is 126 Å². The Bertz CT molecular complexity index is 610. The molecular weight excluding hydrogens is 320 g/mol. The highest BCUT2D eigenvalue weighted by atomic mass is 79.9. The molecule has 4 nitrogen and oxygen atoms in total. The van der Waals surface area contributed by atoms with Crippen molar-refractivity contribution >= 4 is 33.7 Å². The first-order valence-corrected chi connectivity index (χ1v) is 7.36. The molecule has 0 saturated carbocycles. The van der Waals surface area contributed by atoms with Crippen LogP contribution in [-0.2, 0) is 9.53 Å². The number of ether oxygens (including phenoxy) is 1. The molecule has 5 heteroatoms. The molecule has 104 valence electrons. The van der Waals surface area contributed by atoms with E-state index in [0.717, 1.165) is 15.7 Å². The number of benzene rings is 1. The lowest BCUT2D eigenvalue weighted by molar-refractivity contribution is -0.138. The second-order valence-electron chi connectivity index (χ2n) is 4.70. The van der Waals surface area contributed by atoms with Crippen LogP contribution in [0.2, 0.25) is 0 Å². The van der Waals surface area contributed by atoms with Gasteiger partial charge in [-0.1, -0.05) is 15.9 Å². The van der Waals surface area contributed by atoms with Crippen LogP contribution in [0.1, 0.15) is 18.9 Å². The average molecular weight is 335 g/mol. The van der Waals surface area contributed by atoms with Gasteiger partial charge in [-0.2, -0.15) is 0 Å². The SMILES string of the molecule is CCOC(=O)C1=Cc2cc(Br)ccc2N2C=CNC2C1. The molecule has 1 N–H and O–H groups in total. The number of fused-ring (bicyclic) bond motifs is 3. The smallest absolute Gasteiger partial charge is 0.334 e. The Morgan fingerprint density at radius 1 is 1.55 bits per heavy atom. The molecule has 0 bridgehead atoms. The van der Waals surface area contributed by atoms with Crippen molar-refractivity contribution in [3.8, 4) is 0 Å². The van der Waals surface area contributed by atoms with Gasteiger partial charge < -0.3 is 15.0 Å². The maximum absolute atomic E-state index is 12.1. The molecule has 0 saturated heterocycles. The number of esters is 1. The predicted molar refractivity (Wildman–Crippen MR) is 81.9 cm³/mol. The first kappa shape index (κ1) is 13.2. The van der Waals surface area contributed by atoms with E-state index in [9.17, 15) is 4.79 Å². The van der Waals surface area contributed by atoms with Gasteiger partial charge >= 0.3 is 5.97 Å². The van der Waals surface area contributed by atoms with E-state index in [1.54, 1.807) is 0 Å². The van der Waals surface area contributed by atoms with E-state index in [2.05, 4.69) is 26.1 Å². The summed E-state index contributed by atoms with van der Waals surface area (Å²) in [4.78, 5) is 14.2. The minimum absolute atomic E-state index is 0.0630. The van der Waals surface area contributed by atoms with Gasteiger partial charge in [-0.15, -0.1) is 0 Å². The fourth-order valence-corrected chi connectivity index (χ4v) is 2.90. The number of nitrogens with zero attached hydrogens (tertiary/aromatic N) is 1. The second-order valence-corrected chi connectivity index (χ2v) is 5.62. The molecule has 0 spiro atoms. The number of rotatable bonds is 2. The van der Waals surface area contributed by atoms with Crippen molar-refractivity contribution in [2.24, 2.45) is 0 Å². The van der Waals surface area contributed by atoms with Crippen molar-refractivity contribution in [3.63, 3.8) is 0 Å². The number of anilines is 1. The van der Waals surface area contributed by atoms with Gasteiger partial charge in [0.05, 0.1) is 6.61 Å². The maximum atomic E-state index is 12.1. The standard InChI is InChI=1S/C15H15BrN2O2/c1-2-20-15(19)11-7-10-8-12(16)3-4-13(10)18-6-5-17-14(18)9-11/h3-8,14,17H,2,9H2,1H3. The van der Waals surface area contributed by atoms with Crippen LogP contribution >= 0.6 is 15.9 Å². The second kappa shape index (κ2) is 5.32. The Morgan fingerprint density at radius 2 is 2.40 bits per heavy atom. The fourth-order valence-electron chi connectivity index (χ4n) is 2.52. The molecule has 3 rings (SSSR count). The Hall–Kier alpha value is -1.75. The fraction of sp³-hybridized carbons (Fsp3) is 0.267. The third kappa shape index (κ3) is 2.33. The first-order valence-electron chi connectivity index (χ1n) is 6.57. The molecule has 0 radical (unpaired) electrons. The van der Waals surface area contributed by atoms with E-state index in [0.29, 0.717) is 18.6 Å². The summed E-state index contributed by atoms with van der Waals surface area (Å²) in [5.74, 6) is -0.242. The number of carbonyl (C=O) groups excluding carboxylic acids is 1. The van der Waals surface area contributed by atoms with E-state index < -0.39 is 0 Å². The van der Waals surface area contributed by atoms with Crippen molar-refractivity contribution in [1.29, 1.82) is 0 Å². The van der Waals surface area contributed by atoms with Crippen LogP contribution in [0.15, 0.2) is 40.6 Å². The third-order valence-electron chi connectivity index (χ3n) is 3.41. The van der Waals surface area contributed by atoms with Crippen LogP contribution in [0.3, 0.4) is 0 Å². The van der Waals surface area contributed by atoms with Crippen LogP contribution in [0.25, 0.3) is 6.08 Å². The number of halogens is 1. The molecule has 1 aromatic carbocycles. The lowest BCUT2D eigenvalue weighted by Crippen LogP contribution is -2.35. The van der Waals surface area contributed by atoms with Gasteiger partial charge in [0.15, 0.2) is 0 Å². The maximum Gasteiger partial charge on any atom is 0.334 e. The molecule has 0 fully saturated rings. The van der Waals surface area contributed by atoms with Crippen LogP contribution in [0.5, 0.6) is 0 Å². The summed E-state index contributed by atoms with van der Waals surface area (Å²) in [6, 6.07) is 6.07. The van der Waals surface area contributed by atoms with Gasteiger partial charge in [-0.25, -0.2) is 4.79 Å². The Kier molecular flexibility index (Phi) is 3.53. The summed E-state index contributed by atoms with van der Waals surface area (Å²) in [7, 11) is 0. The van der Waals surface area contributed by atoms with E-state index in [1.165, 1.54) is 0 Å². The molecule has 2 aliphatic rings. The molecule has 0 amide bonds. The minimum atomic E-state index is -0.242. The largest absolute Gasteiger partial charge is 0.463 e. The minimum Gasteiger partial charge on any atom is -0.463 e. The first-order chi connectivity index (χ1) is 9.69. The van der Waals surface area contributed by atoms with Crippen molar-refractivity contribution in [2.45, 2.75) is 19.5 Å². The van der Waals surface area contributed by atoms with Gasteiger partial charge in [0.25, 0.3) is 0 Å². The van der Waals surface area contributed by atoms with Crippen LogP contribution in [0, 0.1) is 0 Å². The summed E-state index contributed by atoms with van der Waals surface area (Å²) >= 11 is 3.48. The number of hydrogen-bond acceptors (Lipinski definition) is 4. The number of nitrogens with one attached hydrogen (secondary N) is 1. The molecule has 2 aliphatic heterocycles. The summed E-state index contributed by atoms with van der Waals surface area (Å²) in [6.07, 6.45) is 6.50. The van der Waals surface area contributed by atoms with Gasteiger partial charge in [-0.05, 0) is 36.8 Å². The van der Waals surface area contributed by atoms with E-state index >= 15 is 0 Å². The van der Waals surface area contributed by atoms with Crippen molar-refractivity contribution in [3.05, 3.63) is 46.2 Å². The van der Waals surface area contributed by atoms with Crippen molar-refractivity contribution in [1.82, 2.24) is 5.32 Å². The zero-order valence-corrected chi connectivity index (χ0v) is 12.7. The van der Waals surface area contributed by atoms with Gasteiger partial charge in [0, 0.05) is 34.6 Å². The predicted octanol–water partition coefficient (Wildman–Crippen LogP) is 3.01. The van der Waals surface area contributed by atoms with Gasteiger partial charge in [0.1, 0.15) is 6.17 Å². The monoisotopic (exact) mass is 334 g/mol. The van der Waals surface area contributed by atoms with Crippen LogP contribution < -0.4 is 10.2 Å². The van der Waals surface area contributed by atoms with Crippen LogP contribution in [0.4, 0.5) is 5.69 Å². The summed E-state index contributed by atoms with van der Waals surface area (Å²) < 4.78 is 6.14. The molecule has 0 aliphatic carbocycles. The Morgan fingerprint density at radius 3 is 3.20 bits per heavy atom. The molecule has 1 aromatic rings. The highest BCUT2D eigenvalue weighted by Gasteiger charge is 2.28. The summed E-state index contributed by atoms with van der Waals surface area (Å²) in [5, 5.41) is 3.27. The molecule has 2 heterocycles. The van der Waals surface area contributed by atoms with E-state index in [1.807, 2.05) is 43.6 Å². The summed E-state index contributed by atoms with van der Waals surface area (Å²) in [5.41, 5.74) is 2.78. The van der Waals surface area contributed by atoms with E-state index in [4.69, 9.17) is 4.74 Å². The summed E-state index contributed by atoms with van der Waals surface area (Å²) in [6.45, 7) is 2.21. The molecule has 20 heavy (non-hydrogen) atoms. The van der Waals surface area contributed by atoms with Gasteiger partial charge in [-0.3, -0.25) is 0 Å². The molecule has 0 aromatic heterocycles. The van der Waals surface area contributed by atoms with Crippen molar-refractivity contribution < 1.29 is 9.53 Å². The molecule has 1 unspecified atom stereocenters. The van der Waals surface area contributed by atoms with Crippen LogP contribution in [-0.4, -0.2) is 18.7 Å². The van der Waals surface area contributed by atoms with Gasteiger partial charge in [0.2, 0.25) is 0 Å². The molecular formula is C15H15BrN2O2. The topological polar surface area (TPSA) is 41.6 Å². The van der Waals surface area contributed by atoms with Crippen molar-refractivity contribution in [2.75, 3.05) is 11.5 Å². The number of hydrogen-bond donors (Lipinski definition) is 1.